The normalized spacial score (nSPS) is 21.1. The first kappa shape index (κ1) is 56.9. The molecule has 2 aromatic carbocycles. The molecular formula is C58H74Cl2Si2Zr2-4. The Kier molecular flexibility index (Phi) is 19.1. The monoisotopic (exact) mass is 1080 g/mol. The van der Waals surface area contributed by atoms with Gasteiger partial charge in [-0.2, -0.15) is 35.5 Å². The second-order valence-electron chi connectivity index (χ2n) is 22.6. The van der Waals surface area contributed by atoms with Gasteiger partial charge in [0.2, 0.25) is 0 Å². The van der Waals surface area contributed by atoms with Gasteiger partial charge in [-0.15, -0.1) is 23.3 Å². The van der Waals surface area contributed by atoms with Gasteiger partial charge in [0.15, 0.2) is 0 Å². The SMILES string of the molecule is CC1=C(C2(C(C)(C)C)[C-]=C3C=c4cc(C(C)(C)C)ccc4=C3C=C2)CC=C1.CC1=C(C2(C(C)(C)C)[C-]=C3C=c4cc(C(C)(C)C)ccc4=C3C=C2)CC=C1.C[Si](C)=[Zr].C[Si](C)=[Zr].[Cl-].[Cl-]. The molecule has 0 aliphatic heterocycles. The molecule has 0 spiro atoms. The zero-order valence-corrected chi connectivity index (χ0v) is 50.8. The van der Waals surface area contributed by atoms with Crippen molar-refractivity contribution in [3.8, 4) is 0 Å². The van der Waals surface area contributed by atoms with Gasteiger partial charge in [0, 0.05) is 0 Å². The van der Waals surface area contributed by atoms with Gasteiger partial charge in [-0.3, -0.25) is 0 Å². The molecule has 0 fully saturated rings. The molecule has 2 atom stereocenters. The number of rotatable bonds is 2. The minimum atomic E-state index is -0.148. The molecule has 0 saturated carbocycles. The van der Waals surface area contributed by atoms with Gasteiger partial charge in [0.05, 0.1) is 0 Å². The molecule has 0 saturated heterocycles. The second-order valence-corrected chi connectivity index (χ2v) is 41.4. The minimum Gasteiger partial charge on any atom is -1.00 e. The van der Waals surface area contributed by atoms with E-state index in [0.29, 0.717) is 0 Å². The van der Waals surface area contributed by atoms with Crippen LogP contribution in [0.1, 0.15) is 121 Å². The average molecular weight is 1080 g/mol. The Hall–Kier alpha value is -1.38. The fourth-order valence-corrected chi connectivity index (χ4v) is 9.34. The fraction of sp³-hybridized carbons (Fsp3) is 0.448. The molecule has 6 aliphatic carbocycles. The summed E-state index contributed by atoms with van der Waals surface area (Å²) >= 11 is 3.48. The Morgan fingerprint density at radius 2 is 0.828 bits per heavy atom. The molecule has 6 aliphatic rings. The number of allylic oxidation sites excluding steroid dienone is 16. The van der Waals surface area contributed by atoms with Crippen molar-refractivity contribution >= 4 is 34.2 Å². The van der Waals surface area contributed by atoms with Gasteiger partial charge in [-0.05, 0) is 70.3 Å². The van der Waals surface area contributed by atoms with Crippen molar-refractivity contribution in [2.24, 2.45) is 21.7 Å². The Labute approximate surface area is 432 Å². The molecule has 8 rings (SSSR count). The number of halogens is 2. The number of hydrogen-bond acceptors (Lipinski definition) is 0. The molecular weight excluding hydrogens is 1010 g/mol. The van der Waals surface area contributed by atoms with Crippen LogP contribution in [0.4, 0.5) is 0 Å². The smallest absolute Gasteiger partial charge is 1.00 e. The summed E-state index contributed by atoms with van der Waals surface area (Å²) in [6, 6.07) is 13.9. The summed E-state index contributed by atoms with van der Waals surface area (Å²) in [5.41, 5.74) is 14.4. The van der Waals surface area contributed by atoms with Crippen LogP contribution in [0, 0.1) is 33.8 Å². The van der Waals surface area contributed by atoms with Crippen molar-refractivity contribution in [3.63, 3.8) is 0 Å². The molecule has 0 heterocycles. The number of fused-ring (bicyclic) bond motifs is 4. The van der Waals surface area contributed by atoms with E-state index in [1.165, 1.54) is 76.6 Å². The van der Waals surface area contributed by atoms with E-state index in [-0.39, 0.29) is 68.2 Å². The van der Waals surface area contributed by atoms with Crippen LogP contribution in [0.25, 0.3) is 23.3 Å². The Bertz CT molecular complexity index is 2510. The van der Waals surface area contributed by atoms with Crippen LogP contribution in [-0.4, -0.2) is 10.9 Å². The van der Waals surface area contributed by atoms with Crippen LogP contribution in [0.3, 0.4) is 0 Å². The van der Waals surface area contributed by atoms with Crippen molar-refractivity contribution in [1.82, 2.24) is 0 Å². The molecule has 6 heteroatoms. The molecule has 0 aromatic heterocycles. The molecule has 0 bridgehead atoms. The summed E-state index contributed by atoms with van der Waals surface area (Å²) in [6.07, 6.45) is 33.4. The third-order valence-electron chi connectivity index (χ3n) is 12.9. The maximum Gasteiger partial charge on any atom is -1.00 e. The van der Waals surface area contributed by atoms with E-state index in [1.54, 1.807) is 46.7 Å². The second kappa shape index (κ2) is 21.5. The maximum atomic E-state index is 3.99. The van der Waals surface area contributed by atoms with Gasteiger partial charge in [0.1, 0.15) is 0 Å². The van der Waals surface area contributed by atoms with E-state index in [2.05, 4.69) is 232 Å². The van der Waals surface area contributed by atoms with Crippen LogP contribution in [0.2, 0.25) is 26.2 Å². The average Bonchev–Trinajstić information content (AvgIpc) is 3.93. The van der Waals surface area contributed by atoms with Gasteiger partial charge < -0.3 is 24.8 Å². The molecule has 0 amide bonds. The van der Waals surface area contributed by atoms with Gasteiger partial charge in [0.25, 0.3) is 0 Å². The van der Waals surface area contributed by atoms with Crippen LogP contribution in [0.5, 0.6) is 0 Å². The van der Waals surface area contributed by atoms with Crippen LogP contribution < -0.4 is 45.7 Å². The molecule has 0 radical (unpaired) electrons. The van der Waals surface area contributed by atoms with E-state index in [0.717, 1.165) is 12.8 Å². The molecule has 64 heavy (non-hydrogen) atoms. The van der Waals surface area contributed by atoms with Gasteiger partial charge in [-0.25, -0.2) is 0 Å². The Morgan fingerprint density at radius 1 is 0.516 bits per heavy atom. The molecule has 2 unspecified atom stereocenters. The van der Waals surface area contributed by atoms with E-state index in [4.69, 9.17) is 0 Å². The predicted octanol–water partition coefficient (Wildman–Crippen LogP) is 6.65. The standard InChI is InChI=1S/2C27H31.2C2H6Si.2ClH.2Zr/c2*1-18-9-8-10-24(18)27(26(5,6)7)14-13-23-20(17-27)15-19-16-21(25(2,3)4)11-12-22(19)23;2*1-3-2;;;;/h2*8-9,11-16H,10H2,1-7H3;2*1-2H3;2*1H;;/q2*-1;;;;;;/p-2. The molecule has 0 nitrogen and oxygen atoms in total. The van der Waals surface area contributed by atoms with E-state index < -0.39 is 0 Å². The molecule has 0 N–H and O–H groups in total. The zero-order valence-electron chi connectivity index (χ0n) is 42.4. The molecule has 2 aromatic rings. The van der Waals surface area contributed by atoms with Crippen molar-refractivity contribution < 1.29 is 71.5 Å². The summed E-state index contributed by atoms with van der Waals surface area (Å²) in [5.74, 6) is 0. The van der Waals surface area contributed by atoms with E-state index in [1.807, 2.05) is 0 Å². The Balaban J connectivity index is 0.000000284. The van der Waals surface area contributed by atoms with Crippen molar-refractivity contribution in [1.29, 1.82) is 0 Å². The van der Waals surface area contributed by atoms with Gasteiger partial charge >= 0.3 is 83.7 Å². The summed E-state index contributed by atoms with van der Waals surface area (Å²) in [6.45, 7) is 41.5. The first-order valence-corrected chi connectivity index (χ1v) is 35.1. The predicted molar refractivity (Wildman–Crippen MR) is 268 cm³/mol. The number of benzene rings is 2. The van der Waals surface area contributed by atoms with Crippen LogP contribution in [0.15, 0.2) is 118 Å². The van der Waals surface area contributed by atoms with Crippen LogP contribution >= 0.6 is 0 Å². The van der Waals surface area contributed by atoms with Crippen molar-refractivity contribution in [3.05, 3.63) is 163 Å². The van der Waals surface area contributed by atoms with E-state index >= 15 is 0 Å². The quantitative estimate of drug-likeness (QED) is 0.234. The van der Waals surface area contributed by atoms with E-state index in [9.17, 15) is 0 Å². The fourth-order valence-electron chi connectivity index (χ4n) is 9.34. The van der Waals surface area contributed by atoms with Gasteiger partial charge in [-0.1, -0.05) is 199 Å². The summed E-state index contributed by atoms with van der Waals surface area (Å²) in [5, 5.41) is 5.37. The zero-order chi connectivity index (χ0) is 46.4. The molecule has 340 valence electrons. The largest absolute Gasteiger partial charge is 1.00 e. The first-order valence-electron chi connectivity index (χ1n) is 22.7. The minimum absolute atomic E-state index is 0. The van der Waals surface area contributed by atoms with Crippen molar-refractivity contribution in [2.45, 2.75) is 147 Å². The number of hydrogen-bond donors (Lipinski definition) is 0. The first-order chi connectivity index (χ1) is 28.5. The third-order valence-corrected chi connectivity index (χ3v) is 12.9. The summed E-state index contributed by atoms with van der Waals surface area (Å²) < 4.78 is 0. The Morgan fingerprint density at radius 3 is 1.08 bits per heavy atom. The summed E-state index contributed by atoms with van der Waals surface area (Å²) in [7, 11) is 0. The third kappa shape index (κ3) is 12.3. The summed E-state index contributed by atoms with van der Waals surface area (Å²) in [4.78, 5) is 0. The maximum absolute atomic E-state index is 3.99. The topological polar surface area (TPSA) is 0 Å². The van der Waals surface area contributed by atoms with Crippen molar-refractivity contribution in [2.75, 3.05) is 0 Å². The van der Waals surface area contributed by atoms with Crippen LogP contribution in [-0.2, 0) is 57.5 Å².